The molecule has 126 valence electrons. The van der Waals surface area contributed by atoms with Gasteiger partial charge in [0.25, 0.3) is 0 Å². The van der Waals surface area contributed by atoms with Gasteiger partial charge in [-0.05, 0) is 0 Å². The number of carbonyl (C=O) groups is 1. The molecule has 5 heteroatoms. The molecule has 0 atom stereocenters. The maximum atomic E-state index is 12.1. The number of benzene rings is 2. The Balaban J connectivity index is 1.72. The van der Waals surface area contributed by atoms with Crippen molar-refractivity contribution in [3.05, 3.63) is 66.5 Å². The molecule has 2 N–H and O–H groups in total. The third kappa shape index (κ3) is 3.32. The number of carbonyl (C=O) groups excluding carboxylic acids is 1. The van der Waals surface area contributed by atoms with Crippen molar-refractivity contribution in [1.82, 2.24) is 20.2 Å². The largest absolute Gasteiger partial charge is 0.340 e. The van der Waals surface area contributed by atoms with Gasteiger partial charge >= 0.3 is 0 Å². The van der Waals surface area contributed by atoms with Crippen LogP contribution in [-0.4, -0.2) is 40.4 Å². The monoisotopic (exact) mass is 332 g/mol. The van der Waals surface area contributed by atoms with Crippen LogP contribution in [0.2, 0.25) is 0 Å². The minimum Gasteiger partial charge on any atom is -0.340 e. The summed E-state index contributed by atoms with van der Waals surface area (Å²) in [4.78, 5) is 22.2. The molecule has 0 aliphatic carbocycles. The number of hydrogen-bond acceptors (Lipinski definition) is 3. The van der Waals surface area contributed by atoms with Crippen molar-refractivity contribution in [2.75, 3.05) is 19.6 Å². The summed E-state index contributed by atoms with van der Waals surface area (Å²) in [6.07, 6.45) is 0. The van der Waals surface area contributed by atoms with E-state index in [1.165, 1.54) is 0 Å². The van der Waals surface area contributed by atoms with Crippen LogP contribution >= 0.6 is 0 Å². The van der Waals surface area contributed by atoms with Gasteiger partial charge in [-0.25, -0.2) is 4.98 Å². The van der Waals surface area contributed by atoms with Crippen molar-refractivity contribution in [2.45, 2.75) is 6.54 Å². The van der Waals surface area contributed by atoms with E-state index in [9.17, 15) is 4.79 Å². The van der Waals surface area contributed by atoms with Gasteiger partial charge in [0.05, 0.1) is 24.5 Å². The Morgan fingerprint density at radius 1 is 0.960 bits per heavy atom. The quantitative estimate of drug-likeness (QED) is 0.772. The van der Waals surface area contributed by atoms with Crippen molar-refractivity contribution >= 4 is 5.91 Å². The van der Waals surface area contributed by atoms with E-state index in [0.29, 0.717) is 19.6 Å². The average molecular weight is 332 g/mol. The SMILES string of the molecule is O=C1CNCCN1Cc1nc(-c2ccccc2)c(-c2ccccc2)[nH]1. The summed E-state index contributed by atoms with van der Waals surface area (Å²) in [7, 11) is 0. The van der Waals surface area contributed by atoms with Crippen LogP contribution in [0.15, 0.2) is 60.7 Å². The van der Waals surface area contributed by atoms with Crippen LogP contribution in [0.25, 0.3) is 22.5 Å². The number of nitrogens with one attached hydrogen (secondary N) is 2. The Kier molecular flexibility index (Phi) is 4.31. The van der Waals surface area contributed by atoms with Crippen LogP contribution in [0.1, 0.15) is 5.82 Å². The summed E-state index contributed by atoms with van der Waals surface area (Å²) >= 11 is 0. The third-order valence-electron chi connectivity index (χ3n) is 4.39. The molecule has 4 rings (SSSR count). The highest BCUT2D eigenvalue weighted by Gasteiger charge is 2.21. The normalized spacial score (nSPS) is 14.7. The first-order valence-electron chi connectivity index (χ1n) is 8.49. The first-order valence-corrected chi connectivity index (χ1v) is 8.49. The topological polar surface area (TPSA) is 61.0 Å². The summed E-state index contributed by atoms with van der Waals surface area (Å²) in [6, 6.07) is 20.3. The van der Waals surface area contributed by atoms with E-state index in [1.54, 1.807) is 0 Å². The van der Waals surface area contributed by atoms with Gasteiger partial charge in [0.1, 0.15) is 5.82 Å². The highest BCUT2D eigenvalue weighted by atomic mass is 16.2. The fraction of sp³-hybridized carbons (Fsp3) is 0.200. The smallest absolute Gasteiger partial charge is 0.236 e. The van der Waals surface area contributed by atoms with Crippen molar-refractivity contribution in [3.8, 4) is 22.5 Å². The Hall–Kier alpha value is -2.92. The highest BCUT2D eigenvalue weighted by Crippen LogP contribution is 2.30. The number of H-pyrrole nitrogens is 1. The van der Waals surface area contributed by atoms with Crippen LogP contribution in [0, 0.1) is 0 Å². The Bertz CT molecular complexity index is 801. The Morgan fingerprint density at radius 2 is 1.64 bits per heavy atom. The van der Waals surface area contributed by atoms with E-state index in [-0.39, 0.29) is 5.91 Å². The molecule has 0 spiro atoms. The van der Waals surface area contributed by atoms with E-state index in [2.05, 4.69) is 34.6 Å². The first-order chi connectivity index (χ1) is 12.3. The molecule has 2 heterocycles. The maximum Gasteiger partial charge on any atom is 0.236 e. The molecule has 5 nitrogen and oxygen atoms in total. The summed E-state index contributed by atoms with van der Waals surface area (Å²) in [6.45, 7) is 2.44. The van der Waals surface area contributed by atoms with Gasteiger partial charge in [-0.15, -0.1) is 0 Å². The van der Waals surface area contributed by atoms with E-state index in [0.717, 1.165) is 34.9 Å². The summed E-state index contributed by atoms with van der Waals surface area (Å²) in [5.74, 6) is 0.929. The summed E-state index contributed by atoms with van der Waals surface area (Å²) in [5.41, 5.74) is 4.07. The average Bonchev–Trinajstić information content (AvgIpc) is 3.09. The lowest BCUT2D eigenvalue weighted by molar-refractivity contribution is -0.132. The van der Waals surface area contributed by atoms with E-state index in [4.69, 9.17) is 4.98 Å². The van der Waals surface area contributed by atoms with Crippen LogP contribution in [-0.2, 0) is 11.3 Å². The Morgan fingerprint density at radius 3 is 2.32 bits per heavy atom. The number of rotatable bonds is 4. The van der Waals surface area contributed by atoms with Crippen molar-refractivity contribution < 1.29 is 4.79 Å². The maximum absolute atomic E-state index is 12.1. The number of imidazole rings is 1. The van der Waals surface area contributed by atoms with Crippen molar-refractivity contribution in [3.63, 3.8) is 0 Å². The second-order valence-electron chi connectivity index (χ2n) is 6.13. The molecule has 1 fully saturated rings. The van der Waals surface area contributed by atoms with Gasteiger partial charge in [-0.2, -0.15) is 0 Å². The summed E-state index contributed by atoms with van der Waals surface area (Å²) in [5, 5.41) is 3.10. The van der Waals surface area contributed by atoms with Gasteiger partial charge in [-0.1, -0.05) is 60.7 Å². The van der Waals surface area contributed by atoms with E-state index in [1.807, 2.05) is 41.3 Å². The zero-order valence-corrected chi connectivity index (χ0v) is 13.9. The van der Waals surface area contributed by atoms with Gasteiger partial charge in [0.2, 0.25) is 5.91 Å². The predicted octanol–water partition coefficient (Wildman–Crippen LogP) is 2.68. The van der Waals surface area contributed by atoms with Crippen molar-refractivity contribution in [2.24, 2.45) is 0 Å². The van der Waals surface area contributed by atoms with Gasteiger partial charge in [0.15, 0.2) is 0 Å². The lowest BCUT2D eigenvalue weighted by Crippen LogP contribution is -2.47. The molecule has 25 heavy (non-hydrogen) atoms. The van der Waals surface area contributed by atoms with Crippen LogP contribution in [0.5, 0.6) is 0 Å². The van der Waals surface area contributed by atoms with Crippen LogP contribution < -0.4 is 5.32 Å². The molecule has 1 amide bonds. The van der Waals surface area contributed by atoms with Crippen LogP contribution in [0.3, 0.4) is 0 Å². The molecule has 1 aliphatic heterocycles. The molecule has 0 unspecified atom stereocenters. The third-order valence-corrected chi connectivity index (χ3v) is 4.39. The zero-order valence-electron chi connectivity index (χ0n) is 13.9. The lowest BCUT2D eigenvalue weighted by Gasteiger charge is -2.26. The van der Waals surface area contributed by atoms with Gasteiger partial charge in [0, 0.05) is 24.2 Å². The number of amides is 1. The predicted molar refractivity (Wildman–Crippen MR) is 97.7 cm³/mol. The van der Waals surface area contributed by atoms with Crippen molar-refractivity contribution in [1.29, 1.82) is 0 Å². The van der Waals surface area contributed by atoms with E-state index < -0.39 is 0 Å². The molecule has 0 bridgehead atoms. The van der Waals surface area contributed by atoms with E-state index >= 15 is 0 Å². The minimum atomic E-state index is 0.116. The molecule has 3 aromatic rings. The first kappa shape index (κ1) is 15.6. The second kappa shape index (κ2) is 6.91. The molecule has 1 aliphatic rings. The number of nitrogens with zero attached hydrogens (tertiary/aromatic N) is 2. The minimum absolute atomic E-state index is 0.116. The summed E-state index contributed by atoms with van der Waals surface area (Å²) < 4.78 is 0. The number of aromatic nitrogens is 2. The number of aromatic amines is 1. The molecule has 2 aromatic carbocycles. The molecule has 1 aromatic heterocycles. The molecule has 1 saturated heterocycles. The fourth-order valence-corrected chi connectivity index (χ4v) is 3.11. The van der Waals surface area contributed by atoms with Gasteiger partial charge < -0.3 is 15.2 Å². The van der Waals surface area contributed by atoms with Crippen LogP contribution in [0.4, 0.5) is 0 Å². The number of piperazine rings is 1. The standard InChI is InChI=1S/C20H20N4O/c25-18-13-21-11-12-24(18)14-17-22-19(15-7-3-1-4-8-15)20(23-17)16-9-5-2-6-10-16/h1-10,21H,11-14H2,(H,22,23). The molecular formula is C20H20N4O. The fourth-order valence-electron chi connectivity index (χ4n) is 3.11. The lowest BCUT2D eigenvalue weighted by atomic mass is 10.1. The zero-order chi connectivity index (χ0) is 17.1. The molecular weight excluding hydrogens is 312 g/mol. The Labute approximate surface area is 146 Å². The molecule has 0 radical (unpaired) electrons. The molecule has 0 saturated carbocycles. The second-order valence-corrected chi connectivity index (χ2v) is 6.13. The van der Waals surface area contributed by atoms with Gasteiger partial charge in [-0.3, -0.25) is 4.79 Å². The number of hydrogen-bond donors (Lipinski definition) is 2. The highest BCUT2D eigenvalue weighted by molar-refractivity contribution is 5.80.